The second-order valence-corrected chi connectivity index (χ2v) is 4.81. The van der Waals surface area contributed by atoms with E-state index >= 15 is 0 Å². The molecule has 1 aromatic carbocycles. The van der Waals surface area contributed by atoms with Crippen LogP contribution in [0.3, 0.4) is 0 Å². The Hall–Kier alpha value is -0.530. The molecule has 1 unspecified atom stereocenters. The lowest BCUT2D eigenvalue weighted by atomic mass is 9.82. The smallest absolute Gasteiger partial charge is 0.122 e. The van der Waals surface area contributed by atoms with Crippen molar-refractivity contribution in [1.29, 1.82) is 0 Å². The van der Waals surface area contributed by atoms with E-state index in [0.29, 0.717) is 0 Å². The fourth-order valence-corrected chi connectivity index (χ4v) is 2.33. The lowest BCUT2D eigenvalue weighted by Gasteiger charge is -2.27. The summed E-state index contributed by atoms with van der Waals surface area (Å²) in [6, 6.07) is 7.98. The van der Waals surface area contributed by atoms with Crippen LogP contribution >= 0.6 is 23.2 Å². The topological polar surface area (TPSA) is 12.4 Å². The maximum absolute atomic E-state index is 6.03. The van der Waals surface area contributed by atoms with Gasteiger partial charge in [-0.2, -0.15) is 0 Å². The van der Waals surface area contributed by atoms with Crippen molar-refractivity contribution < 1.29 is 0 Å². The third kappa shape index (κ3) is 1.19. The first-order valence-electron chi connectivity index (χ1n) is 4.50. The van der Waals surface area contributed by atoms with E-state index in [2.05, 4.69) is 4.99 Å². The number of para-hydroxylation sites is 1. The summed E-state index contributed by atoms with van der Waals surface area (Å²) in [5.41, 5.74) is 2.75. The summed E-state index contributed by atoms with van der Waals surface area (Å²) >= 11 is 12.1. The van der Waals surface area contributed by atoms with Gasteiger partial charge in [-0.25, -0.2) is 0 Å². The molecule has 14 heavy (non-hydrogen) atoms. The first kappa shape index (κ1) is 10.0. The van der Waals surface area contributed by atoms with Crippen LogP contribution in [-0.2, 0) is 5.41 Å². The zero-order valence-electron chi connectivity index (χ0n) is 8.09. The Kier molecular flexibility index (Phi) is 2.32. The second-order valence-electron chi connectivity index (χ2n) is 3.72. The summed E-state index contributed by atoms with van der Waals surface area (Å²) in [7, 11) is 0. The summed E-state index contributed by atoms with van der Waals surface area (Å²) in [4.78, 5) is 4.01. The van der Waals surface area contributed by atoms with E-state index in [1.165, 1.54) is 0 Å². The van der Waals surface area contributed by atoms with Crippen LogP contribution in [0.25, 0.3) is 0 Å². The molecular weight excluding hydrogens is 217 g/mol. The van der Waals surface area contributed by atoms with Crippen LogP contribution < -0.4 is 0 Å². The van der Waals surface area contributed by atoms with Crippen molar-refractivity contribution in [3.8, 4) is 0 Å². The largest absolute Gasteiger partial charge is 0.257 e. The average molecular weight is 228 g/mol. The molecule has 0 bridgehead atoms. The van der Waals surface area contributed by atoms with Crippen LogP contribution in [0.2, 0.25) is 0 Å². The maximum Gasteiger partial charge on any atom is 0.122 e. The lowest BCUT2D eigenvalue weighted by molar-refractivity contribution is 0.705. The number of benzene rings is 1. The zero-order valence-corrected chi connectivity index (χ0v) is 9.60. The standard InChI is InChI=1S/C11H11Cl2N/c1-7-11(2,10(12)13)8-5-3-4-6-9(8)14-7/h3-6,10H,1-2H3. The van der Waals surface area contributed by atoms with Crippen LogP contribution in [0.4, 0.5) is 5.69 Å². The third-order valence-electron chi connectivity index (χ3n) is 2.94. The number of aliphatic imine (C=N–C) groups is 1. The fraction of sp³-hybridized carbons (Fsp3) is 0.364. The number of hydrogen-bond donors (Lipinski definition) is 0. The molecule has 0 amide bonds. The van der Waals surface area contributed by atoms with Crippen molar-refractivity contribution in [2.24, 2.45) is 4.99 Å². The summed E-state index contributed by atoms with van der Waals surface area (Å²) in [6.07, 6.45) is 0. The van der Waals surface area contributed by atoms with E-state index in [1.807, 2.05) is 38.1 Å². The molecule has 1 aliphatic heterocycles. The number of rotatable bonds is 1. The normalized spacial score (nSPS) is 25.1. The van der Waals surface area contributed by atoms with Gasteiger partial charge in [0.1, 0.15) is 4.84 Å². The summed E-state index contributed by atoms with van der Waals surface area (Å²) in [6.45, 7) is 4.00. The van der Waals surface area contributed by atoms with E-state index in [0.717, 1.165) is 17.0 Å². The third-order valence-corrected chi connectivity index (χ3v) is 3.81. The molecule has 0 aliphatic carbocycles. The Labute approximate surface area is 93.8 Å². The molecule has 1 heterocycles. The van der Waals surface area contributed by atoms with Crippen LogP contribution in [0.1, 0.15) is 19.4 Å². The highest BCUT2D eigenvalue weighted by atomic mass is 35.5. The Morgan fingerprint density at radius 1 is 1.29 bits per heavy atom. The number of nitrogens with zero attached hydrogens (tertiary/aromatic N) is 1. The molecule has 0 saturated heterocycles. The number of alkyl halides is 2. The molecule has 2 rings (SSSR count). The number of halogens is 2. The van der Waals surface area contributed by atoms with Crippen molar-refractivity contribution in [3.05, 3.63) is 29.8 Å². The van der Waals surface area contributed by atoms with E-state index in [4.69, 9.17) is 23.2 Å². The van der Waals surface area contributed by atoms with Gasteiger partial charge in [-0.15, -0.1) is 23.2 Å². The van der Waals surface area contributed by atoms with Crippen LogP contribution in [0.15, 0.2) is 29.3 Å². The minimum Gasteiger partial charge on any atom is -0.257 e. The van der Waals surface area contributed by atoms with Gasteiger partial charge in [0.2, 0.25) is 0 Å². The van der Waals surface area contributed by atoms with Gasteiger partial charge in [-0.05, 0) is 25.5 Å². The maximum atomic E-state index is 6.03. The molecule has 1 aromatic rings. The van der Waals surface area contributed by atoms with Crippen LogP contribution in [0.5, 0.6) is 0 Å². The summed E-state index contributed by atoms with van der Waals surface area (Å²) < 4.78 is 0. The number of fused-ring (bicyclic) bond motifs is 1. The highest BCUT2D eigenvalue weighted by Gasteiger charge is 2.41. The van der Waals surface area contributed by atoms with Gasteiger partial charge in [0.15, 0.2) is 0 Å². The van der Waals surface area contributed by atoms with Gasteiger partial charge >= 0.3 is 0 Å². The molecule has 74 valence electrons. The first-order valence-corrected chi connectivity index (χ1v) is 5.37. The van der Waals surface area contributed by atoms with E-state index < -0.39 is 4.84 Å². The molecule has 0 spiro atoms. The van der Waals surface area contributed by atoms with E-state index in [-0.39, 0.29) is 5.41 Å². The molecule has 0 saturated carbocycles. The molecule has 1 aliphatic rings. The predicted molar refractivity (Wildman–Crippen MR) is 62.1 cm³/mol. The van der Waals surface area contributed by atoms with Gasteiger partial charge in [0.05, 0.1) is 11.1 Å². The minimum atomic E-state index is -0.463. The van der Waals surface area contributed by atoms with Crippen molar-refractivity contribution in [1.82, 2.24) is 0 Å². The highest BCUT2D eigenvalue weighted by molar-refractivity contribution is 6.47. The molecular formula is C11H11Cl2N. The fourth-order valence-electron chi connectivity index (χ4n) is 1.78. The predicted octanol–water partition coefficient (Wildman–Crippen LogP) is 3.85. The second kappa shape index (κ2) is 3.25. The molecule has 1 atom stereocenters. The average Bonchev–Trinajstić information content (AvgIpc) is 2.41. The van der Waals surface area contributed by atoms with Gasteiger partial charge in [-0.1, -0.05) is 18.2 Å². The molecule has 0 fully saturated rings. The zero-order chi connectivity index (χ0) is 10.3. The summed E-state index contributed by atoms with van der Waals surface area (Å²) in [5, 5.41) is 0. The van der Waals surface area contributed by atoms with Gasteiger partial charge in [0.25, 0.3) is 0 Å². The van der Waals surface area contributed by atoms with Crippen molar-refractivity contribution in [2.45, 2.75) is 24.1 Å². The van der Waals surface area contributed by atoms with E-state index in [1.54, 1.807) is 0 Å². The Morgan fingerprint density at radius 3 is 2.57 bits per heavy atom. The quantitative estimate of drug-likeness (QED) is 0.647. The Balaban J connectivity index is 2.62. The van der Waals surface area contributed by atoms with Crippen molar-refractivity contribution >= 4 is 34.6 Å². The Bertz CT molecular complexity index is 398. The number of hydrogen-bond acceptors (Lipinski definition) is 1. The van der Waals surface area contributed by atoms with Gasteiger partial charge in [0, 0.05) is 5.71 Å². The lowest BCUT2D eigenvalue weighted by Crippen LogP contribution is -2.34. The summed E-state index contributed by atoms with van der Waals surface area (Å²) in [5.74, 6) is 0. The highest BCUT2D eigenvalue weighted by Crippen LogP contribution is 2.44. The van der Waals surface area contributed by atoms with Crippen LogP contribution in [0, 0.1) is 0 Å². The van der Waals surface area contributed by atoms with Crippen LogP contribution in [-0.4, -0.2) is 10.5 Å². The van der Waals surface area contributed by atoms with E-state index in [9.17, 15) is 0 Å². The van der Waals surface area contributed by atoms with Gasteiger partial charge in [-0.3, -0.25) is 4.99 Å². The SMILES string of the molecule is CC1=Nc2ccccc2C1(C)C(Cl)Cl. The first-order chi connectivity index (χ1) is 6.56. The molecule has 1 nitrogen and oxygen atoms in total. The van der Waals surface area contributed by atoms with Crippen molar-refractivity contribution in [2.75, 3.05) is 0 Å². The molecule has 3 heteroatoms. The molecule has 0 aromatic heterocycles. The molecule has 0 N–H and O–H groups in total. The van der Waals surface area contributed by atoms with Crippen molar-refractivity contribution in [3.63, 3.8) is 0 Å². The minimum absolute atomic E-state index is 0.334. The molecule has 0 radical (unpaired) electrons. The monoisotopic (exact) mass is 227 g/mol. The Morgan fingerprint density at radius 2 is 1.93 bits per heavy atom. The van der Waals surface area contributed by atoms with Gasteiger partial charge < -0.3 is 0 Å².